The molecular formula is C28H31N5O5. The van der Waals surface area contributed by atoms with Crippen molar-refractivity contribution in [3.05, 3.63) is 72.3 Å². The molecular weight excluding hydrogens is 486 g/mol. The van der Waals surface area contributed by atoms with Crippen molar-refractivity contribution in [1.29, 1.82) is 0 Å². The van der Waals surface area contributed by atoms with Crippen LogP contribution in [0, 0.1) is 0 Å². The van der Waals surface area contributed by atoms with Gasteiger partial charge in [0, 0.05) is 38.2 Å². The molecule has 0 bridgehead atoms. The third-order valence-electron chi connectivity index (χ3n) is 7.36. The van der Waals surface area contributed by atoms with Crippen molar-refractivity contribution >= 4 is 29.8 Å². The van der Waals surface area contributed by atoms with Gasteiger partial charge in [-0.05, 0) is 41.8 Å². The van der Waals surface area contributed by atoms with E-state index in [1.807, 2.05) is 24.3 Å². The number of phenols is 1. The Balaban J connectivity index is 1.46. The van der Waals surface area contributed by atoms with Gasteiger partial charge in [-0.3, -0.25) is 24.2 Å². The normalized spacial score (nSPS) is 22.2. The molecule has 2 aromatic carbocycles. The number of phenolic OH excluding ortho intramolecular Hbond substituents is 1. The summed E-state index contributed by atoms with van der Waals surface area (Å²) in [5, 5.41) is 12.8. The number of carbonyl (C=O) groups is 4. The Morgan fingerprint density at radius 1 is 1.03 bits per heavy atom. The third-order valence-corrected chi connectivity index (χ3v) is 7.36. The van der Waals surface area contributed by atoms with Crippen molar-refractivity contribution in [3.63, 3.8) is 0 Å². The minimum absolute atomic E-state index is 0.0352. The summed E-state index contributed by atoms with van der Waals surface area (Å²) in [6.07, 6.45) is 3.25. The molecule has 3 aliphatic rings. The van der Waals surface area contributed by atoms with Gasteiger partial charge in [-0.15, -0.1) is 6.58 Å². The minimum atomic E-state index is -0.817. The second kappa shape index (κ2) is 10.7. The van der Waals surface area contributed by atoms with Crippen LogP contribution < -0.4 is 4.90 Å². The molecule has 1 N–H and O–H groups in total. The van der Waals surface area contributed by atoms with E-state index in [0.29, 0.717) is 25.9 Å². The Kier molecular flexibility index (Phi) is 7.15. The zero-order valence-corrected chi connectivity index (χ0v) is 21.1. The van der Waals surface area contributed by atoms with E-state index in [1.165, 1.54) is 9.91 Å². The van der Waals surface area contributed by atoms with Crippen molar-refractivity contribution in [2.24, 2.45) is 0 Å². The Labute approximate surface area is 221 Å². The van der Waals surface area contributed by atoms with Crippen LogP contribution in [0.3, 0.4) is 0 Å². The van der Waals surface area contributed by atoms with Crippen molar-refractivity contribution in [2.75, 3.05) is 31.1 Å². The molecule has 3 aliphatic heterocycles. The van der Waals surface area contributed by atoms with E-state index in [0.717, 1.165) is 23.2 Å². The summed E-state index contributed by atoms with van der Waals surface area (Å²) in [4.78, 5) is 56.7. The van der Waals surface area contributed by atoms with Crippen LogP contribution in [0.25, 0.3) is 0 Å². The van der Waals surface area contributed by atoms with Crippen LogP contribution in [0.2, 0.25) is 0 Å². The van der Waals surface area contributed by atoms with Crippen LogP contribution >= 0.6 is 0 Å². The van der Waals surface area contributed by atoms with Crippen LogP contribution in [-0.2, 0) is 32.1 Å². The lowest BCUT2D eigenvalue weighted by Crippen LogP contribution is -2.74. The minimum Gasteiger partial charge on any atom is -0.508 e. The van der Waals surface area contributed by atoms with Gasteiger partial charge in [0.2, 0.25) is 24.1 Å². The molecule has 3 saturated heterocycles. The summed E-state index contributed by atoms with van der Waals surface area (Å²) in [5.74, 6) is -0.249. The van der Waals surface area contributed by atoms with Crippen LogP contribution in [0.4, 0.5) is 5.69 Å². The predicted molar refractivity (Wildman–Crippen MR) is 139 cm³/mol. The molecule has 4 amide bonds. The van der Waals surface area contributed by atoms with Crippen LogP contribution in [0.15, 0.2) is 61.2 Å². The first-order valence-corrected chi connectivity index (χ1v) is 12.8. The Hall–Kier alpha value is -4.18. The average Bonchev–Trinajstić information content (AvgIpc) is 3.34. The van der Waals surface area contributed by atoms with Gasteiger partial charge in [0.05, 0.1) is 13.1 Å². The quantitative estimate of drug-likeness (QED) is 0.421. The predicted octanol–water partition coefficient (Wildman–Crippen LogP) is 1.50. The summed E-state index contributed by atoms with van der Waals surface area (Å²) >= 11 is 0. The number of hydrogen-bond donors (Lipinski definition) is 1. The molecule has 0 aliphatic carbocycles. The Morgan fingerprint density at radius 3 is 2.50 bits per heavy atom. The van der Waals surface area contributed by atoms with Crippen LogP contribution in [-0.4, -0.2) is 87.4 Å². The highest BCUT2D eigenvalue weighted by atomic mass is 16.3. The maximum Gasteiger partial charge on any atom is 0.246 e. The fraction of sp³-hybridized carbons (Fsp3) is 0.357. The van der Waals surface area contributed by atoms with Gasteiger partial charge in [-0.2, -0.15) is 0 Å². The number of rotatable bonds is 8. The van der Waals surface area contributed by atoms with E-state index in [4.69, 9.17) is 0 Å². The lowest BCUT2D eigenvalue weighted by Gasteiger charge is -2.54. The molecule has 0 saturated carbocycles. The first-order chi connectivity index (χ1) is 18.4. The number of carbonyl (C=O) groups excluding carboxylic acids is 4. The number of hydrogen-bond acceptors (Lipinski definition) is 6. The van der Waals surface area contributed by atoms with Gasteiger partial charge >= 0.3 is 0 Å². The van der Waals surface area contributed by atoms with E-state index in [9.17, 15) is 24.3 Å². The number of aromatic hydroxyl groups is 1. The monoisotopic (exact) mass is 517 g/mol. The summed E-state index contributed by atoms with van der Waals surface area (Å²) in [6.45, 7) is 5.11. The smallest absolute Gasteiger partial charge is 0.246 e. The van der Waals surface area contributed by atoms with Crippen molar-refractivity contribution < 1.29 is 24.3 Å². The molecule has 10 nitrogen and oxygen atoms in total. The van der Waals surface area contributed by atoms with E-state index >= 15 is 0 Å². The number of nitrogens with zero attached hydrogens (tertiary/aromatic N) is 5. The molecule has 0 aromatic heterocycles. The van der Waals surface area contributed by atoms with E-state index < -0.39 is 12.2 Å². The fourth-order valence-corrected chi connectivity index (χ4v) is 5.56. The zero-order valence-electron chi connectivity index (χ0n) is 21.1. The Bertz CT molecular complexity index is 1250. The topological polar surface area (TPSA) is 105 Å². The standard InChI is InChI=1S/C28H31N5O5/c1-2-12-30-18-27(37)33-24(15-20-8-10-23(35)11-9-20)28(38)29(17-25(33)32(30)19-34)16-21-5-3-6-22(14-21)31-13-4-7-26(31)36/h2-3,5-6,8-11,14,19,24-25,35H,1,4,7,12-13,15-18H2/t24-,25?/m0/s1. The summed E-state index contributed by atoms with van der Waals surface area (Å²) in [6, 6.07) is 13.3. The molecule has 10 heteroatoms. The highest BCUT2D eigenvalue weighted by Crippen LogP contribution is 2.29. The number of fused-ring (bicyclic) bond motifs is 1. The fourth-order valence-electron chi connectivity index (χ4n) is 5.56. The molecule has 38 heavy (non-hydrogen) atoms. The average molecular weight is 518 g/mol. The highest BCUT2D eigenvalue weighted by molar-refractivity contribution is 5.95. The van der Waals surface area contributed by atoms with Crippen molar-refractivity contribution in [3.8, 4) is 5.75 Å². The number of anilines is 1. The molecule has 2 aromatic rings. The van der Waals surface area contributed by atoms with Gasteiger partial charge in [0.1, 0.15) is 18.0 Å². The molecule has 3 fully saturated rings. The number of amides is 4. The second-order valence-electron chi connectivity index (χ2n) is 9.83. The molecule has 3 heterocycles. The first kappa shape index (κ1) is 25.5. The molecule has 0 radical (unpaired) electrons. The van der Waals surface area contributed by atoms with Gasteiger partial charge in [0.25, 0.3) is 0 Å². The maximum atomic E-state index is 13.9. The molecule has 198 valence electrons. The van der Waals surface area contributed by atoms with Gasteiger partial charge < -0.3 is 19.8 Å². The molecule has 0 spiro atoms. The van der Waals surface area contributed by atoms with Gasteiger partial charge in [-0.1, -0.05) is 30.3 Å². The SMILES string of the molecule is C=CCN1CC(=O)N2C(CN(Cc3cccc(N4CCCC4=O)c3)C(=O)[C@@H]2Cc2ccc(O)cc2)N1C=O. The van der Waals surface area contributed by atoms with Crippen LogP contribution in [0.5, 0.6) is 5.75 Å². The Morgan fingerprint density at radius 2 is 1.82 bits per heavy atom. The molecule has 5 rings (SSSR count). The summed E-state index contributed by atoms with van der Waals surface area (Å²) in [7, 11) is 0. The van der Waals surface area contributed by atoms with Gasteiger partial charge in [0.15, 0.2) is 0 Å². The third kappa shape index (κ3) is 4.87. The van der Waals surface area contributed by atoms with E-state index in [1.54, 1.807) is 45.2 Å². The number of piperazine rings is 1. The maximum absolute atomic E-state index is 13.9. The van der Waals surface area contributed by atoms with E-state index in [2.05, 4.69) is 6.58 Å². The lowest BCUT2D eigenvalue weighted by molar-refractivity contribution is -0.199. The van der Waals surface area contributed by atoms with Crippen molar-refractivity contribution in [2.45, 2.75) is 38.0 Å². The second-order valence-corrected chi connectivity index (χ2v) is 9.83. The number of hydrazine groups is 1. The largest absolute Gasteiger partial charge is 0.508 e. The van der Waals surface area contributed by atoms with Gasteiger partial charge in [-0.25, -0.2) is 5.01 Å². The summed E-state index contributed by atoms with van der Waals surface area (Å²) < 4.78 is 0. The van der Waals surface area contributed by atoms with Crippen molar-refractivity contribution in [1.82, 2.24) is 19.8 Å². The zero-order chi connectivity index (χ0) is 26.8. The number of benzene rings is 2. The molecule has 1 unspecified atom stereocenters. The van der Waals surface area contributed by atoms with E-state index in [-0.39, 0.29) is 49.5 Å². The molecule has 2 atom stereocenters. The summed E-state index contributed by atoms with van der Waals surface area (Å²) in [5.41, 5.74) is 2.45. The lowest BCUT2D eigenvalue weighted by atomic mass is 9.98. The highest BCUT2D eigenvalue weighted by Gasteiger charge is 2.49. The first-order valence-electron chi connectivity index (χ1n) is 12.8. The van der Waals surface area contributed by atoms with Crippen LogP contribution in [0.1, 0.15) is 24.0 Å².